The van der Waals surface area contributed by atoms with Crippen molar-refractivity contribution in [1.82, 2.24) is 14.8 Å². The molecular formula is C22H20ClF7N4O2. The van der Waals surface area contributed by atoms with E-state index in [1.54, 1.807) is 0 Å². The summed E-state index contributed by atoms with van der Waals surface area (Å²) in [6.07, 6.45) is -10.1. The molecule has 0 bridgehead atoms. The number of carbonyl (C=O) groups excluding carboxylic acids is 1. The first-order valence-corrected chi connectivity index (χ1v) is 11.2. The zero-order valence-corrected chi connectivity index (χ0v) is 19.6. The molecule has 2 aromatic rings. The van der Waals surface area contributed by atoms with Crippen molar-refractivity contribution >= 4 is 23.3 Å². The number of halogens is 8. The fraction of sp³-hybridized carbons (Fsp3) is 0.500. The molecule has 0 spiro atoms. The predicted octanol–water partition coefficient (Wildman–Crippen LogP) is 6.23. The number of ether oxygens (including phenoxy) is 1. The molecule has 0 N–H and O–H groups in total. The largest absolute Gasteiger partial charge is 0.430 e. The van der Waals surface area contributed by atoms with E-state index in [0.717, 1.165) is 43.0 Å². The Labute approximate surface area is 205 Å². The number of Topliss-reactive ketones (excluding diaryl/α,β-unsaturated/α-hetero) is 1. The zero-order chi connectivity index (χ0) is 26.6. The van der Waals surface area contributed by atoms with Gasteiger partial charge in [0.05, 0.1) is 11.2 Å². The van der Waals surface area contributed by atoms with Gasteiger partial charge >= 0.3 is 12.3 Å². The van der Waals surface area contributed by atoms with Crippen LogP contribution in [0.5, 0.6) is 0 Å². The number of aromatic nitrogens is 2. The fourth-order valence-electron chi connectivity index (χ4n) is 3.84. The van der Waals surface area contributed by atoms with Gasteiger partial charge in [-0.25, -0.2) is 13.5 Å². The Balaban J connectivity index is 1.66. The highest BCUT2D eigenvalue weighted by Gasteiger charge is 2.58. The highest BCUT2D eigenvalue weighted by atomic mass is 35.5. The smallest absolute Gasteiger partial charge is 0.414 e. The van der Waals surface area contributed by atoms with Crippen molar-refractivity contribution in [3.63, 3.8) is 0 Å². The molecule has 1 aromatic carbocycles. The van der Waals surface area contributed by atoms with E-state index in [2.05, 4.69) is 14.9 Å². The van der Waals surface area contributed by atoms with E-state index in [-0.39, 0.29) is 39.8 Å². The summed E-state index contributed by atoms with van der Waals surface area (Å²) in [4.78, 5) is 12.5. The van der Waals surface area contributed by atoms with E-state index in [4.69, 9.17) is 11.6 Å². The molecule has 196 valence electrons. The van der Waals surface area contributed by atoms with Crippen LogP contribution in [0.4, 0.5) is 30.7 Å². The Morgan fingerprint density at radius 1 is 1.22 bits per heavy atom. The van der Waals surface area contributed by atoms with Gasteiger partial charge in [-0.1, -0.05) is 11.6 Å². The van der Waals surface area contributed by atoms with Crippen LogP contribution in [0, 0.1) is 17.7 Å². The number of alkyl halides is 6. The standard InChI is InChI=1S/C22H20ClF7N4O2/c1-10(24)22(29,30)36-19-17(21(26,27)28)20(33(2)32-19)34-9-13(8-31-34)12-6-14(18(23)15(25)7-12)16(35)5-11-3-4-11/h6-11,17,20H,3-5H2,1-2H3. The normalized spacial score (nSPS) is 21.5. The molecule has 2 aliphatic rings. The van der Waals surface area contributed by atoms with Gasteiger partial charge in [0, 0.05) is 30.8 Å². The molecule has 1 aliphatic carbocycles. The lowest BCUT2D eigenvalue weighted by molar-refractivity contribution is -0.235. The molecule has 3 atom stereocenters. The summed E-state index contributed by atoms with van der Waals surface area (Å²) in [5, 5.41) is 7.65. The van der Waals surface area contributed by atoms with E-state index in [1.165, 1.54) is 6.07 Å². The van der Waals surface area contributed by atoms with Crippen LogP contribution in [0.15, 0.2) is 29.6 Å². The third-order valence-corrected chi connectivity index (χ3v) is 6.35. The van der Waals surface area contributed by atoms with Crippen LogP contribution in [0.3, 0.4) is 0 Å². The van der Waals surface area contributed by atoms with Gasteiger partial charge in [0.15, 0.2) is 17.9 Å². The van der Waals surface area contributed by atoms with E-state index >= 15 is 0 Å². The summed E-state index contributed by atoms with van der Waals surface area (Å²) >= 11 is 5.97. The van der Waals surface area contributed by atoms with Crippen molar-refractivity contribution in [2.24, 2.45) is 16.9 Å². The second kappa shape index (κ2) is 9.24. The van der Waals surface area contributed by atoms with Crippen LogP contribution in [0.2, 0.25) is 5.02 Å². The van der Waals surface area contributed by atoms with Crippen LogP contribution in [0.25, 0.3) is 11.1 Å². The lowest BCUT2D eigenvalue weighted by Crippen LogP contribution is -2.42. The maximum absolute atomic E-state index is 14.5. The monoisotopic (exact) mass is 540 g/mol. The zero-order valence-electron chi connectivity index (χ0n) is 18.9. The molecule has 1 aliphatic heterocycles. The van der Waals surface area contributed by atoms with Crippen LogP contribution in [0.1, 0.15) is 42.7 Å². The number of ketones is 1. The molecule has 36 heavy (non-hydrogen) atoms. The Hall–Kier alpha value is -2.83. The summed E-state index contributed by atoms with van der Waals surface area (Å²) in [7, 11) is 1.08. The second-order valence-electron chi connectivity index (χ2n) is 8.82. The number of hydrogen-bond acceptors (Lipinski definition) is 5. The van der Waals surface area contributed by atoms with Crippen molar-refractivity contribution in [3.8, 4) is 11.1 Å². The van der Waals surface area contributed by atoms with Gasteiger partial charge in [-0.15, -0.1) is 5.10 Å². The number of rotatable bonds is 7. The van der Waals surface area contributed by atoms with Gasteiger partial charge in [-0.2, -0.15) is 27.1 Å². The molecule has 0 amide bonds. The lowest BCUT2D eigenvalue weighted by atomic mass is 10.0. The lowest BCUT2D eigenvalue weighted by Gasteiger charge is -2.27. The van der Waals surface area contributed by atoms with E-state index < -0.39 is 42.3 Å². The van der Waals surface area contributed by atoms with Crippen molar-refractivity contribution in [1.29, 1.82) is 0 Å². The SMILES string of the molecule is CC(F)C(F)(F)OC1=NN(C)C(n2cc(-c3cc(F)c(Cl)c(C(=O)CC4CC4)c3)cn2)C1C(F)(F)F. The van der Waals surface area contributed by atoms with Gasteiger partial charge in [0.2, 0.25) is 12.1 Å². The molecule has 6 nitrogen and oxygen atoms in total. The summed E-state index contributed by atoms with van der Waals surface area (Å²) in [5.41, 5.74) is 0.207. The first-order chi connectivity index (χ1) is 16.7. The highest BCUT2D eigenvalue weighted by Crippen LogP contribution is 2.44. The van der Waals surface area contributed by atoms with Crippen LogP contribution in [-0.2, 0) is 4.74 Å². The summed E-state index contributed by atoms with van der Waals surface area (Å²) < 4.78 is 102. The number of carbonyl (C=O) groups is 1. The maximum atomic E-state index is 14.5. The number of benzene rings is 1. The Kier molecular flexibility index (Phi) is 6.73. The molecule has 1 fully saturated rings. The number of nitrogens with zero attached hydrogens (tertiary/aromatic N) is 4. The van der Waals surface area contributed by atoms with Crippen molar-refractivity contribution < 1.29 is 40.3 Å². The van der Waals surface area contributed by atoms with Crippen LogP contribution >= 0.6 is 11.6 Å². The minimum atomic E-state index is -5.12. The van der Waals surface area contributed by atoms with Crippen LogP contribution in [-0.4, -0.2) is 52.0 Å². The molecule has 4 rings (SSSR count). The average Bonchev–Trinajstić information content (AvgIpc) is 3.32. The van der Waals surface area contributed by atoms with Crippen molar-refractivity contribution in [2.75, 3.05) is 7.05 Å². The molecule has 1 saturated carbocycles. The number of hydrazone groups is 1. The average molecular weight is 541 g/mol. The molecule has 1 aromatic heterocycles. The summed E-state index contributed by atoms with van der Waals surface area (Å²) in [6, 6.07) is 2.33. The van der Waals surface area contributed by atoms with Gasteiger partial charge in [-0.05, 0) is 43.4 Å². The molecule has 0 saturated heterocycles. The summed E-state index contributed by atoms with van der Waals surface area (Å²) in [5.74, 6) is -5.18. The van der Waals surface area contributed by atoms with Crippen molar-refractivity contribution in [3.05, 3.63) is 40.9 Å². The Bertz CT molecular complexity index is 1190. The number of hydrogen-bond donors (Lipinski definition) is 0. The Morgan fingerprint density at radius 2 is 1.89 bits per heavy atom. The molecule has 2 heterocycles. The molecule has 0 radical (unpaired) electrons. The first kappa shape index (κ1) is 26.2. The van der Waals surface area contributed by atoms with E-state index in [1.807, 2.05) is 0 Å². The van der Waals surface area contributed by atoms with E-state index in [9.17, 15) is 35.5 Å². The minimum absolute atomic E-state index is 0.0564. The van der Waals surface area contributed by atoms with Gasteiger partial charge < -0.3 is 4.74 Å². The fourth-order valence-corrected chi connectivity index (χ4v) is 4.06. The third kappa shape index (κ3) is 5.16. The molecule has 3 unspecified atom stereocenters. The third-order valence-electron chi connectivity index (χ3n) is 5.97. The second-order valence-corrected chi connectivity index (χ2v) is 9.20. The quantitative estimate of drug-likeness (QED) is 0.309. The van der Waals surface area contributed by atoms with Crippen molar-refractivity contribution in [2.45, 2.75) is 50.8 Å². The van der Waals surface area contributed by atoms with Gasteiger partial charge in [-0.3, -0.25) is 9.80 Å². The maximum Gasteiger partial charge on any atom is 0.430 e. The Morgan fingerprint density at radius 3 is 2.47 bits per heavy atom. The van der Waals surface area contributed by atoms with Gasteiger partial charge in [0.1, 0.15) is 5.82 Å². The highest BCUT2D eigenvalue weighted by molar-refractivity contribution is 6.34. The summed E-state index contributed by atoms with van der Waals surface area (Å²) in [6.45, 7) is 0.438. The minimum Gasteiger partial charge on any atom is -0.414 e. The predicted molar refractivity (Wildman–Crippen MR) is 115 cm³/mol. The van der Waals surface area contributed by atoms with Gasteiger partial charge in [0.25, 0.3) is 0 Å². The molecular weight excluding hydrogens is 521 g/mol. The topological polar surface area (TPSA) is 59.7 Å². The first-order valence-electron chi connectivity index (χ1n) is 10.8. The molecule has 14 heteroatoms. The van der Waals surface area contributed by atoms with Crippen LogP contribution < -0.4 is 0 Å². The van der Waals surface area contributed by atoms with E-state index in [0.29, 0.717) is 11.9 Å².